The molecule has 0 aliphatic carbocycles. The van der Waals surface area contributed by atoms with Crippen LogP contribution in [0.1, 0.15) is 27.2 Å². The van der Waals surface area contributed by atoms with Gasteiger partial charge in [0.2, 0.25) is 0 Å². The van der Waals surface area contributed by atoms with Gasteiger partial charge in [-0.15, -0.1) is 0 Å². The molecule has 0 atom stereocenters. The van der Waals surface area contributed by atoms with Crippen LogP contribution < -0.4 is 0 Å². The highest BCUT2D eigenvalue weighted by molar-refractivity contribution is 7.92. The Morgan fingerprint density at radius 1 is 1.33 bits per heavy atom. The van der Waals surface area contributed by atoms with Crippen LogP contribution >= 0.6 is 0 Å². The zero-order valence-electron chi connectivity index (χ0n) is 9.25. The first kappa shape index (κ1) is 14.3. The first-order valence-electron chi connectivity index (χ1n) is 4.64. The third-order valence-electron chi connectivity index (χ3n) is 1.35. The number of sulfone groups is 1. The molecular weight excluding hydrogens is 223 g/mol. The number of esters is 1. The Bertz CT molecular complexity index is 303. The second kappa shape index (κ2) is 5.44. The van der Waals surface area contributed by atoms with E-state index >= 15 is 0 Å². The van der Waals surface area contributed by atoms with Crippen molar-refractivity contribution in [3.63, 3.8) is 0 Å². The molecule has 6 heteroatoms. The molecule has 0 heterocycles. The highest BCUT2D eigenvalue weighted by Gasteiger charge is 2.22. The van der Waals surface area contributed by atoms with Crippen molar-refractivity contribution in [2.75, 3.05) is 18.2 Å². The lowest BCUT2D eigenvalue weighted by Crippen LogP contribution is -2.29. The Morgan fingerprint density at radius 2 is 1.87 bits per heavy atom. The molecule has 4 nitrogen and oxygen atoms in total. The summed E-state index contributed by atoms with van der Waals surface area (Å²) < 4.78 is 39.0. The molecule has 0 amide bonds. The summed E-state index contributed by atoms with van der Waals surface area (Å²) in [6.45, 7) is 4.25. The molecule has 90 valence electrons. The van der Waals surface area contributed by atoms with E-state index in [0.717, 1.165) is 0 Å². The summed E-state index contributed by atoms with van der Waals surface area (Å²) in [7, 11) is -3.53. The standard InChI is InChI=1S/C9H17FO4S/c1-9(2,3)14-8(11)7-15(12,13)6-4-5-10/h4-7H2,1-3H3. The normalized spacial score (nSPS) is 12.5. The number of rotatable bonds is 5. The summed E-state index contributed by atoms with van der Waals surface area (Å²) in [5.41, 5.74) is -0.702. The van der Waals surface area contributed by atoms with Gasteiger partial charge in [-0.1, -0.05) is 0 Å². The lowest BCUT2D eigenvalue weighted by atomic mass is 10.2. The molecule has 0 bridgehead atoms. The summed E-state index contributed by atoms with van der Waals surface area (Å²) in [6, 6.07) is 0. The number of halogens is 1. The zero-order valence-corrected chi connectivity index (χ0v) is 10.1. The Hall–Kier alpha value is -0.650. The molecule has 0 radical (unpaired) electrons. The number of ether oxygens (including phenoxy) is 1. The van der Waals surface area contributed by atoms with Crippen LogP contribution in [0.2, 0.25) is 0 Å². The highest BCUT2D eigenvalue weighted by Crippen LogP contribution is 2.08. The van der Waals surface area contributed by atoms with Gasteiger partial charge in [0.25, 0.3) is 0 Å². The number of carbonyl (C=O) groups is 1. The van der Waals surface area contributed by atoms with Crippen molar-refractivity contribution < 1.29 is 22.3 Å². The summed E-state index contributed by atoms with van der Waals surface area (Å²) >= 11 is 0. The van der Waals surface area contributed by atoms with Gasteiger partial charge in [-0.05, 0) is 27.2 Å². The Balaban J connectivity index is 4.17. The van der Waals surface area contributed by atoms with Crippen LogP contribution in [0.3, 0.4) is 0 Å². The predicted octanol–water partition coefficient (Wildman–Crippen LogP) is 1.10. The molecule has 0 unspecified atom stereocenters. The molecule has 0 aliphatic heterocycles. The second-order valence-electron chi connectivity index (χ2n) is 4.22. The average Bonchev–Trinajstić information content (AvgIpc) is 1.95. The molecule has 0 rings (SSSR count). The lowest BCUT2D eigenvalue weighted by molar-refractivity contribution is -0.151. The molecule has 0 aliphatic rings. The Morgan fingerprint density at radius 3 is 2.27 bits per heavy atom. The minimum Gasteiger partial charge on any atom is -0.459 e. The fourth-order valence-electron chi connectivity index (χ4n) is 0.897. The van der Waals surface area contributed by atoms with Crippen molar-refractivity contribution in [1.82, 2.24) is 0 Å². The van der Waals surface area contributed by atoms with Crippen LogP contribution in [0.5, 0.6) is 0 Å². The molecule has 0 aromatic carbocycles. The monoisotopic (exact) mass is 240 g/mol. The first-order valence-corrected chi connectivity index (χ1v) is 6.47. The van der Waals surface area contributed by atoms with Crippen LogP contribution in [-0.4, -0.2) is 38.2 Å². The minimum atomic E-state index is -3.53. The van der Waals surface area contributed by atoms with Crippen LogP contribution in [-0.2, 0) is 19.4 Å². The number of hydrogen-bond donors (Lipinski definition) is 0. The van der Waals surface area contributed by atoms with E-state index in [1.807, 2.05) is 0 Å². The van der Waals surface area contributed by atoms with Gasteiger partial charge in [0.1, 0.15) is 11.4 Å². The van der Waals surface area contributed by atoms with E-state index in [-0.39, 0.29) is 12.2 Å². The summed E-state index contributed by atoms with van der Waals surface area (Å²) in [4.78, 5) is 11.1. The summed E-state index contributed by atoms with van der Waals surface area (Å²) in [5.74, 6) is -1.78. The van der Waals surface area contributed by atoms with E-state index in [0.29, 0.717) is 0 Å². The van der Waals surface area contributed by atoms with Crippen molar-refractivity contribution in [2.24, 2.45) is 0 Å². The molecule has 0 N–H and O–H groups in total. The smallest absolute Gasteiger partial charge is 0.321 e. The van der Waals surface area contributed by atoms with E-state index in [1.165, 1.54) is 0 Å². The lowest BCUT2D eigenvalue weighted by Gasteiger charge is -2.19. The van der Waals surface area contributed by atoms with Gasteiger partial charge in [-0.3, -0.25) is 9.18 Å². The Labute approximate surface area is 89.7 Å². The average molecular weight is 240 g/mol. The van der Waals surface area contributed by atoms with Crippen LogP contribution in [0, 0.1) is 0 Å². The molecule has 0 aromatic heterocycles. The number of carbonyl (C=O) groups excluding carboxylic acids is 1. The van der Waals surface area contributed by atoms with Crippen LogP contribution in [0.25, 0.3) is 0 Å². The van der Waals surface area contributed by atoms with Gasteiger partial charge in [0.15, 0.2) is 9.84 Å². The maximum Gasteiger partial charge on any atom is 0.321 e. The molecule has 0 aromatic rings. The maximum absolute atomic E-state index is 11.8. The van der Waals surface area contributed by atoms with Gasteiger partial charge in [0.05, 0.1) is 12.4 Å². The third kappa shape index (κ3) is 8.35. The van der Waals surface area contributed by atoms with Crippen molar-refractivity contribution in [3.8, 4) is 0 Å². The SMILES string of the molecule is CC(C)(C)OC(=O)CS(=O)(=O)CCCF. The number of hydrogen-bond acceptors (Lipinski definition) is 4. The van der Waals surface area contributed by atoms with Gasteiger partial charge in [-0.25, -0.2) is 8.42 Å². The van der Waals surface area contributed by atoms with Gasteiger partial charge >= 0.3 is 5.97 Å². The molecule has 0 spiro atoms. The van der Waals surface area contributed by atoms with E-state index in [9.17, 15) is 17.6 Å². The van der Waals surface area contributed by atoms with Crippen molar-refractivity contribution in [1.29, 1.82) is 0 Å². The highest BCUT2D eigenvalue weighted by atomic mass is 32.2. The van der Waals surface area contributed by atoms with E-state index in [2.05, 4.69) is 0 Å². The van der Waals surface area contributed by atoms with Crippen LogP contribution in [0.15, 0.2) is 0 Å². The van der Waals surface area contributed by atoms with Gasteiger partial charge < -0.3 is 4.74 Å². The van der Waals surface area contributed by atoms with E-state index in [4.69, 9.17) is 4.74 Å². The summed E-state index contributed by atoms with van der Waals surface area (Å²) in [6.07, 6.45) is -0.0782. The quantitative estimate of drug-likeness (QED) is 0.675. The summed E-state index contributed by atoms with van der Waals surface area (Å²) in [5, 5.41) is 0. The molecule has 0 fully saturated rings. The molecule has 15 heavy (non-hydrogen) atoms. The van der Waals surface area contributed by atoms with E-state index in [1.54, 1.807) is 20.8 Å². The fourth-order valence-corrected chi connectivity index (χ4v) is 2.01. The maximum atomic E-state index is 11.8. The predicted molar refractivity (Wildman–Crippen MR) is 55.1 cm³/mol. The van der Waals surface area contributed by atoms with Crippen molar-refractivity contribution >= 4 is 15.8 Å². The number of alkyl halides is 1. The van der Waals surface area contributed by atoms with E-state index < -0.39 is 33.8 Å². The minimum absolute atomic E-state index is 0.0782. The van der Waals surface area contributed by atoms with Gasteiger partial charge in [-0.2, -0.15) is 0 Å². The molecule has 0 saturated heterocycles. The second-order valence-corrected chi connectivity index (χ2v) is 6.41. The third-order valence-corrected chi connectivity index (χ3v) is 2.93. The van der Waals surface area contributed by atoms with Crippen molar-refractivity contribution in [3.05, 3.63) is 0 Å². The largest absolute Gasteiger partial charge is 0.459 e. The van der Waals surface area contributed by atoms with Gasteiger partial charge in [0, 0.05) is 0 Å². The fraction of sp³-hybridized carbons (Fsp3) is 0.889. The zero-order chi connectivity index (χ0) is 12.1. The topological polar surface area (TPSA) is 60.4 Å². The first-order chi connectivity index (χ1) is 6.66. The van der Waals surface area contributed by atoms with Crippen LogP contribution in [0.4, 0.5) is 4.39 Å². The molecule has 0 saturated carbocycles. The Kier molecular flexibility index (Phi) is 5.20. The van der Waals surface area contributed by atoms with Crippen molar-refractivity contribution in [2.45, 2.75) is 32.8 Å². The molecular formula is C9H17FO4S.